The lowest BCUT2D eigenvalue weighted by Crippen LogP contribution is -2.20. The number of nitrogens with one attached hydrogen (secondary N) is 1. The predicted octanol–water partition coefficient (Wildman–Crippen LogP) is 5.07. The van der Waals surface area contributed by atoms with Gasteiger partial charge in [-0.15, -0.1) is 0 Å². The molecule has 0 spiro atoms. The van der Waals surface area contributed by atoms with Gasteiger partial charge in [0, 0.05) is 10.0 Å². The van der Waals surface area contributed by atoms with E-state index in [1.807, 2.05) is 54.6 Å². The van der Waals surface area contributed by atoms with Crippen LogP contribution in [0.2, 0.25) is 0 Å². The summed E-state index contributed by atoms with van der Waals surface area (Å²) >= 11 is 6.87. The average Bonchev–Trinajstić information content (AvgIpc) is 2.62. The van der Waals surface area contributed by atoms with Gasteiger partial charge < -0.3 is 4.74 Å². The van der Waals surface area contributed by atoms with Crippen LogP contribution in [-0.2, 0) is 11.2 Å². The quantitative estimate of drug-likeness (QED) is 0.414. The number of benzene rings is 3. The summed E-state index contributed by atoms with van der Waals surface area (Å²) in [5.74, 6) is 0.478. The minimum absolute atomic E-state index is 0.175. The summed E-state index contributed by atoms with van der Waals surface area (Å²) in [5, 5.41) is 6.25. The largest absolute Gasteiger partial charge is 0.495 e. The molecule has 0 fully saturated rings. The first-order valence-electron chi connectivity index (χ1n) is 7.90. The number of hydrazone groups is 1. The molecule has 3 aromatic carbocycles. The van der Waals surface area contributed by atoms with Gasteiger partial charge in [0.25, 0.3) is 0 Å². The Hall–Kier alpha value is -2.18. The van der Waals surface area contributed by atoms with Gasteiger partial charge in [0.2, 0.25) is 5.91 Å². The summed E-state index contributed by atoms with van der Waals surface area (Å²) in [4.78, 5) is 12.3. The number of ether oxygens (including phenoxy) is 1. The van der Waals surface area contributed by atoms with E-state index in [-0.39, 0.29) is 12.3 Å². The molecule has 4 nitrogen and oxygen atoms in total. The van der Waals surface area contributed by atoms with Crippen LogP contribution in [0.15, 0.2) is 68.6 Å². The Morgan fingerprint density at radius 1 is 1.15 bits per heavy atom. The van der Waals surface area contributed by atoms with E-state index in [1.165, 1.54) is 0 Å². The Labute approximate surface area is 168 Å². The molecule has 0 aliphatic carbocycles. The number of fused-ring (bicyclic) bond motifs is 1. The number of nitrogens with zero attached hydrogens (tertiary/aromatic N) is 1. The molecule has 0 saturated carbocycles. The van der Waals surface area contributed by atoms with E-state index in [0.717, 1.165) is 30.8 Å². The third-order valence-corrected chi connectivity index (χ3v) is 4.91. The lowest BCUT2D eigenvalue weighted by molar-refractivity contribution is -0.120. The van der Waals surface area contributed by atoms with Crippen molar-refractivity contribution in [2.24, 2.45) is 5.10 Å². The van der Waals surface area contributed by atoms with Crippen molar-refractivity contribution in [3.05, 3.63) is 74.7 Å². The Bertz CT molecular complexity index is 981. The van der Waals surface area contributed by atoms with Gasteiger partial charge in [-0.2, -0.15) is 5.10 Å². The molecule has 26 heavy (non-hydrogen) atoms. The second kappa shape index (κ2) is 8.47. The number of methoxy groups -OCH3 is 1. The summed E-state index contributed by atoms with van der Waals surface area (Å²) in [5.41, 5.74) is 4.30. The van der Waals surface area contributed by atoms with Crippen LogP contribution in [0.3, 0.4) is 0 Å². The van der Waals surface area contributed by atoms with Crippen LogP contribution >= 0.6 is 31.9 Å². The van der Waals surface area contributed by atoms with Crippen molar-refractivity contribution >= 4 is 54.8 Å². The zero-order valence-corrected chi connectivity index (χ0v) is 17.2. The van der Waals surface area contributed by atoms with Crippen LogP contribution in [0.25, 0.3) is 10.8 Å². The summed E-state index contributed by atoms with van der Waals surface area (Å²) in [6, 6.07) is 17.7. The van der Waals surface area contributed by atoms with Gasteiger partial charge in [-0.25, -0.2) is 5.43 Å². The number of hydrogen-bond donors (Lipinski definition) is 1. The zero-order valence-electron chi connectivity index (χ0n) is 14.0. The van der Waals surface area contributed by atoms with E-state index >= 15 is 0 Å². The van der Waals surface area contributed by atoms with Crippen molar-refractivity contribution in [3.8, 4) is 5.75 Å². The van der Waals surface area contributed by atoms with Gasteiger partial charge in [0.05, 0.1) is 24.2 Å². The number of hydrogen-bond acceptors (Lipinski definition) is 3. The number of halogens is 2. The average molecular weight is 476 g/mol. The molecule has 0 atom stereocenters. The SMILES string of the molecule is COc1c(Br)cc(Br)cc1/C=N/NC(=O)Cc1cccc2ccccc12. The summed E-state index contributed by atoms with van der Waals surface area (Å²) in [6.45, 7) is 0. The number of rotatable bonds is 5. The maximum atomic E-state index is 12.3. The van der Waals surface area contributed by atoms with Crippen LogP contribution in [0.1, 0.15) is 11.1 Å². The molecular formula is C20H16Br2N2O2. The first kappa shape index (κ1) is 18.6. The maximum Gasteiger partial charge on any atom is 0.244 e. The van der Waals surface area contributed by atoms with E-state index in [9.17, 15) is 4.79 Å². The van der Waals surface area contributed by atoms with Crippen molar-refractivity contribution < 1.29 is 9.53 Å². The standard InChI is InChI=1S/C20H16Br2N2O2/c1-26-20-15(9-16(21)11-18(20)22)12-23-24-19(25)10-14-7-4-6-13-5-2-3-8-17(13)14/h2-9,11-12H,10H2,1H3,(H,24,25)/b23-12+. The van der Waals surface area contributed by atoms with Gasteiger partial charge in [-0.1, -0.05) is 58.4 Å². The molecule has 0 aliphatic rings. The summed E-state index contributed by atoms with van der Waals surface area (Å²) in [6.07, 6.45) is 1.83. The van der Waals surface area contributed by atoms with Crippen LogP contribution in [0.4, 0.5) is 0 Å². The molecule has 0 aliphatic heterocycles. The molecule has 3 aromatic rings. The molecule has 3 rings (SSSR count). The third-order valence-electron chi connectivity index (χ3n) is 3.87. The van der Waals surface area contributed by atoms with E-state index in [0.29, 0.717) is 5.75 Å². The normalized spacial score (nSPS) is 11.0. The van der Waals surface area contributed by atoms with Crippen LogP contribution in [0, 0.1) is 0 Å². The second-order valence-electron chi connectivity index (χ2n) is 5.62. The minimum Gasteiger partial charge on any atom is -0.495 e. The Morgan fingerprint density at radius 2 is 1.92 bits per heavy atom. The minimum atomic E-state index is -0.175. The lowest BCUT2D eigenvalue weighted by atomic mass is 10.0. The van der Waals surface area contributed by atoms with Crippen molar-refractivity contribution in [3.63, 3.8) is 0 Å². The Balaban J connectivity index is 1.72. The number of carbonyl (C=O) groups excluding carboxylic acids is 1. The summed E-state index contributed by atoms with van der Waals surface area (Å²) < 4.78 is 7.05. The number of carbonyl (C=O) groups is 1. The molecule has 0 bridgehead atoms. The topological polar surface area (TPSA) is 50.7 Å². The molecule has 0 radical (unpaired) electrons. The van der Waals surface area contributed by atoms with Crippen molar-refractivity contribution in [1.29, 1.82) is 0 Å². The Morgan fingerprint density at radius 3 is 2.73 bits per heavy atom. The van der Waals surface area contributed by atoms with Gasteiger partial charge in [0.1, 0.15) is 5.75 Å². The zero-order chi connectivity index (χ0) is 18.5. The number of amides is 1. The first-order valence-corrected chi connectivity index (χ1v) is 9.48. The predicted molar refractivity (Wildman–Crippen MR) is 112 cm³/mol. The van der Waals surface area contributed by atoms with Crippen LogP contribution < -0.4 is 10.2 Å². The molecular weight excluding hydrogens is 460 g/mol. The first-order chi connectivity index (χ1) is 12.6. The maximum absolute atomic E-state index is 12.3. The fourth-order valence-corrected chi connectivity index (χ4v) is 4.14. The fourth-order valence-electron chi connectivity index (χ4n) is 2.72. The van der Waals surface area contributed by atoms with Crippen molar-refractivity contribution in [2.75, 3.05) is 7.11 Å². The van der Waals surface area contributed by atoms with E-state index in [4.69, 9.17) is 4.74 Å². The van der Waals surface area contributed by atoms with Gasteiger partial charge in [-0.05, 0) is 44.4 Å². The smallest absolute Gasteiger partial charge is 0.244 e. The highest BCUT2D eigenvalue weighted by atomic mass is 79.9. The molecule has 132 valence electrons. The molecule has 0 saturated heterocycles. The lowest BCUT2D eigenvalue weighted by Gasteiger charge is -2.08. The van der Waals surface area contributed by atoms with Crippen molar-refractivity contribution in [2.45, 2.75) is 6.42 Å². The molecule has 0 heterocycles. The molecule has 0 aromatic heterocycles. The van der Waals surface area contributed by atoms with Gasteiger partial charge >= 0.3 is 0 Å². The van der Waals surface area contributed by atoms with Gasteiger partial charge in [-0.3, -0.25) is 4.79 Å². The third kappa shape index (κ3) is 4.31. The highest BCUT2D eigenvalue weighted by Gasteiger charge is 2.09. The second-order valence-corrected chi connectivity index (χ2v) is 7.39. The molecule has 1 N–H and O–H groups in total. The van der Waals surface area contributed by atoms with Crippen LogP contribution in [0.5, 0.6) is 5.75 Å². The van der Waals surface area contributed by atoms with E-state index in [2.05, 4.69) is 42.4 Å². The fraction of sp³-hybridized carbons (Fsp3) is 0.100. The van der Waals surface area contributed by atoms with Crippen LogP contribution in [-0.4, -0.2) is 19.2 Å². The van der Waals surface area contributed by atoms with Gasteiger partial charge in [0.15, 0.2) is 0 Å². The Kier molecular flexibility index (Phi) is 6.06. The van der Waals surface area contributed by atoms with Crippen molar-refractivity contribution in [1.82, 2.24) is 5.43 Å². The molecule has 1 amide bonds. The highest BCUT2D eigenvalue weighted by Crippen LogP contribution is 2.31. The summed E-state index contributed by atoms with van der Waals surface area (Å²) in [7, 11) is 1.59. The van der Waals surface area contributed by atoms with E-state index in [1.54, 1.807) is 13.3 Å². The van der Waals surface area contributed by atoms with E-state index < -0.39 is 0 Å². The molecule has 0 unspecified atom stereocenters. The monoisotopic (exact) mass is 474 g/mol. The molecule has 6 heteroatoms. The highest BCUT2D eigenvalue weighted by molar-refractivity contribution is 9.11.